The van der Waals surface area contributed by atoms with Crippen LogP contribution in [0.4, 0.5) is 0 Å². The van der Waals surface area contributed by atoms with E-state index in [4.69, 9.17) is 0 Å². The molecule has 0 spiro atoms. The van der Waals surface area contributed by atoms with Gasteiger partial charge in [0.05, 0.1) is 6.04 Å². The molecule has 1 aromatic rings. The third-order valence-electron chi connectivity index (χ3n) is 4.54. The van der Waals surface area contributed by atoms with Crippen molar-refractivity contribution in [2.75, 3.05) is 6.54 Å². The SMILES string of the molecule is C[C@H]1C[C@@H](C(=O)NC(c2ccccc2)C2CC2)CCN1.Cl. The van der Waals surface area contributed by atoms with Crippen LogP contribution in [0, 0.1) is 11.8 Å². The molecule has 1 unspecified atom stereocenters. The summed E-state index contributed by atoms with van der Waals surface area (Å²) in [5.41, 5.74) is 1.25. The number of carbonyl (C=O) groups is 1. The van der Waals surface area contributed by atoms with Gasteiger partial charge in [0.2, 0.25) is 5.91 Å². The summed E-state index contributed by atoms with van der Waals surface area (Å²) >= 11 is 0. The van der Waals surface area contributed by atoms with Gasteiger partial charge in [-0.15, -0.1) is 12.4 Å². The maximum atomic E-state index is 12.5. The van der Waals surface area contributed by atoms with Crippen LogP contribution in [0.5, 0.6) is 0 Å². The fraction of sp³-hybridized carbons (Fsp3) is 0.588. The average Bonchev–Trinajstić information content (AvgIpc) is 3.30. The fourth-order valence-corrected chi connectivity index (χ4v) is 3.20. The largest absolute Gasteiger partial charge is 0.349 e. The van der Waals surface area contributed by atoms with Crippen molar-refractivity contribution in [1.29, 1.82) is 0 Å². The van der Waals surface area contributed by atoms with E-state index in [0.29, 0.717) is 12.0 Å². The zero-order chi connectivity index (χ0) is 13.9. The minimum absolute atomic E-state index is 0. The molecule has 1 aromatic carbocycles. The van der Waals surface area contributed by atoms with Gasteiger partial charge in [-0.25, -0.2) is 0 Å². The minimum atomic E-state index is 0. The Morgan fingerprint density at radius 1 is 1.24 bits per heavy atom. The minimum Gasteiger partial charge on any atom is -0.349 e. The molecule has 0 radical (unpaired) electrons. The van der Waals surface area contributed by atoms with Crippen LogP contribution >= 0.6 is 12.4 Å². The van der Waals surface area contributed by atoms with Gasteiger partial charge in [-0.3, -0.25) is 4.79 Å². The lowest BCUT2D eigenvalue weighted by molar-refractivity contribution is -0.127. The molecule has 2 fully saturated rings. The molecule has 2 aliphatic rings. The van der Waals surface area contributed by atoms with Crippen molar-refractivity contribution in [2.24, 2.45) is 11.8 Å². The molecule has 1 amide bonds. The van der Waals surface area contributed by atoms with Crippen LogP contribution in [-0.4, -0.2) is 18.5 Å². The lowest BCUT2D eigenvalue weighted by atomic mass is 9.91. The normalized spacial score (nSPS) is 26.5. The fourth-order valence-electron chi connectivity index (χ4n) is 3.20. The third kappa shape index (κ3) is 4.21. The molecule has 1 aliphatic heterocycles. The van der Waals surface area contributed by atoms with Crippen LogP contribution in [0.3, 0.4) is 0 Å². The second-order valence-corrected chi connectivity index (χ2v) is 6.31. The molecule has 3 atom stereocenters. The highest BCUT2D eigenvalue weighted by atomic mass is 35.5. The van der Waals surface area contributed by atoms with Crippen molar-refractivity contribution in [2.45, 2.75) is 44.7 Å². The summed E-state index contributed by atoms with van der Waals surface area (Å²) in [7, 11) is 0. The smallest absolute Gasteiger partial charge is 0.223 e. The van der Waals surface area contributed by atoms with Gasteiger partial charge in [0.15, 0.2) is 0 Å². The van der Waals surface area contributed by atoms with Crippen molar-refractivity contribution >= 4 is 18.3 Å². The van der Waals surface area contributed by atoms with Crippen molar-refractivity contribution < 1.29 is 4.79 Å². The molecule has 116 valence electrons. The Morgan fingerprint density at radius 3 is 2.57 bits per heavy atom. The summed E-state index contributed by atoms with van der Waals surface area (Å²) in [6.07, 6.45) is 4.39. The van der Waals surface area contributed by atoms with E-state index in [2.05, 4.69) is 41.8 Å². The van der Waals surface area contributed by atoms with Crippen LogP contribution < -0.4 is 10.6 Å². The van der Waals surface area contributed by atoms with Gasteiger partial charge in [-0.1, -0.05) is 30.3 Å². The Kier molecular flexibility index (Phi) is 5.65. The number of rotatable bonds is 4. The first-order valence-corrected chi connectivity index (χ1v) is 7.82. The molecular formula is C17H25ClN2O. The predicted octanol–water partition coefficient (Wildman–Crippen LogP) is 3.06. The second-order valence-electron chi connectivity index (χ2n) is 6.31. The zero-order valence-corrected chi connectivity index (χ0v) is 13.4. The number of benzene rings is 1. The second kappa shape index (κ2) is 7.28. The Morgan fingerprint density at radius 2 is 1.95 bits per heavy atom. The van der Waals surface area contributed by atoms with E-state index in [1.54, 1.807) is 0 Å². The van der Waals surface area contributed by atoms with Crippen molar-refractivity contribution in [3.63, 3.8) is 0 Å². The molecule has 21 heavy (non-hydrogen) atoms. The summed E-state index contributed by atoms with van der Waals surface area (Å²) < 4.78 is 0. The first kappa shape index (κ1) is 16.3. The van der Waals surface area contributed by atoms with E-state index < -0.39 is 0 Å². The molecule has 3 nitrogen and oxygen atoms in total. The van der Waals surface area contributed by atoms with Gasteiger partial charge in [0.1, 0.15) is 0 Å². The number of amides is 1. The predicted molar refractivity (Wildman–Crippen MR) is 87.5 cm³/mol. The molecule has 2 N–H and O–H groups in total. The van der Waals surface area contributed by atoms with E-state index in [1.165, 1.54) is 18.4 Å². The molecule has 4 heteroatoms. The maximum Gasteiger partial charge on any atom is 0.223 e. The molecule has 0 aromatic heterocycles. The molecule has 1 saturated carbocycles. The maximum absolute atomic E-state index is 12.5. The zero-order valence-electron chi connectivity index (χ0n) is 12.5. The van der Waals surface area contributed by atoms with E-state index in [-0.39, 0.29) is 30.3 Å². The molecule has 1 aliphatic carbocycles. The average molecular weight is 309 g/mol. The van der Waals surface area contributed by atoms with Crippen molar-refractivity contribution in [3.8, 4) is 0 Å². The van der Waals surface area contributed by atoms with E-state index >= 15 is 0 Å². The summed E-state index contributed by atoms with van der Waals surface area (Å²) in [5, 5.41) is 6.73. The Balaban J connectivity index is 0.00000161. The van der Waals surface area contributed by atoms with E-state index in [1.807, 2.05) is 6.07 Å². The van der Waals surface area contributed by atoms with E-state index in [0.717, 1.165) is 19.4 Å². The summed E-state index contributed by atoms with van der Waals surface area (Å²) in [5.74, 6) is 1.07. The van der Waals surface area contributed by atoms with Crippen molar-refractivity contribution in [3.05, 3.63) is 35.9 Å². The molecule has 3 rings (SSSR count). The molecular weight excluding hydrogens is 284 g/mol. The summed E-state index contributed by atoms with van der Waals surface area (Å²) in [6.45, 7) is 3.12. The molecule has 1 saturated heterocycles. The first-order valence-electron chi connectivity index (χ1n) is 7.82. The summed E-state index contributed by atoms with van der Waals surface area (Å²) in [6, 6.07) is 11.1. The highest BCUT2D eigenvalue weighted by molar-refractivity contribution is 5.85. The quantitative estimate of drug-likeness (QED) is 0.897. The number of halogens is 1. The van der Waals surface area contributed by atoms with Gasteiger partial charge in [-0.05, 0) is 50.6 Å². The van der Waals surface area contributed by atoms with Crippen molar-refractivity contribution in [1.82, 2.24) is 10.6 Å². The van der Waals surface area contributed by atoms with Crippen LogP contribution in [0.25, 0.3) is 0 Å². The number of piperidine rings is 1. The van der Waals surface area contributed by atoms with Crippen LogP contribution in [0.2, 0.25) is 0 Å². The van der Waals surface area contributed by atoms with Gasteiger partial charge in [0.25, 0.3) is 0 Å². The van der Waals surface area contributed by atoms with Crippen LogP contribution in [-0.2, 0) is 4.79 Å². The van der Waals surface area contributed by atoms with Gasteiger partial charge < -0.3 is 10.6 Å². The van der Waals surface area contributed by atoms with Crippen LogP contribution in [0.15, 0.2) is 30.3 Å². The monoisotopic (exact) mass is 308 g/mol. The lowest BCUT2D eigenvalue weighted by Crippen LogP contribution is -2.43. The molecule has 0 bridgehead atoms. The lowest BCUT2D eigenvalue weighted by Gasteiger charge is -2.29. The first-order chi connectivity index (χ1) is 9.74. The van der Waals surface area contributed by atoms with Gasteiger partial charge >= 0.3 is 0 Å². The third-order valence-corrected chi connectivity index (χ3v) is 4.54. The number of hydrogen-bond donors (Lipinski definition) is 2. The standard InChI is InChI=1S/C17H24N2O.ClH/c1-12-11-15(9-10-18-12)17(20)19-16(14-7-8-14)13-5-3-2-4-6-13;/h2-6,12,14-16,18H,7-11H2,1H3,(H,19,20);1H/t12-,15-,16?;/m0./s1. The van der Waals surface area contributed by atoms with Gasteiger partial charge in [0, 0.05) is 12.0 Å². The highest BCUT2D eigenvalue weighted by Gasteiger charge is 2.35. The van der Waals surface area contributed by atoms with Gasteiger partial charge in [-0.2, -0.15) is 0 Å². The Bertz CT molecular complexity index is 461. The van der Waals surface area contributed by atoms with E-state index in [9.17, 15) is 4.79 Å². The highest BCUT2D eigenvalue weighted by Crippen LogP contribution is 2.41. The number of carbonyl (C=O) groups excluding carboxylic acids is 1. The Hall–Kier alpha value is -1.06. The summed E-state index contributed by atoms with van der Waals surface area (Å²) in [4.78, 5) is 12.5. The molecule has 1 heterocycles. The van der Waals surface area contributed by atoms with Crippen LogP contribution in [0.1, 0.15) is 44.2 Å². The number of nitrogens with one attached hydrogen (secondary N) is 2. The number of hydrogen-bond acceptors (Lipinski definition) is 2. The topological polar surface area (TPSA) is 41.1 Å². The Labute approximate surface area is 133 Å².